The summed E-state index contributed by atoms with van der Waals surface area (Å²) >= 11 is 0. The van der Waals surface area contributed by atoms with E-state index < -0.39 is 36.3 Å². The third-order valence-electron chi connectivity index (χ3n) is 5.00. The highest BCUT2D eigenvalue weighted by atomic mass is 19.3. The second kappa shape index (κ2) is 6.12. The molecule has 1 aromatic rings. The minimum Gasteiger partial charge on any atom is -0.479 e. The van der Waals surface area contributed by atoms with Gasteiger partial charge < -0.3 is 15.5 Å². The minimum atomic E-state index is -2.93. The molecule has 0 radical (unpaired) electrons. The largest absolute Gasteiger partial charge is 0.479 e. The Kier molecular flexibility index (Phi) is 4.29. The van der Waals surface area contributed by atoms with Gasteiger partial charge in [0.1, 0.15) is 0 Å². The Morgan fingerprint density at radius 1 is 1.38 bits per heavy atom. The standard InChI is InChI=1S/C17H20F2N2O3/c18-16(19)6-5-12(7-16)17(24,15(22)23)14-4-2-1-3-13(14)11-8-20-10-21-9-11/h1-4,10-12,24H,5-9H2,(H,20,21)(H,22,23)/t12-,17-/m1/s1. The number of nitrogens with one attached hydrogen (secondary N) is 1. The van der Waals surface area contributed by atoms with Crippen LogP contribution in [0.25, 0.3) is 0 Å². The first kappa shape index (κ1) is 16.8. The van der Waals surface area contributed by atoms with E-state index in [0.29, 0.717) is 18.7 Å². The van der Waals surface area contributed by atoms with Crippen LogP contribution < -0.4 is 5.32 Å². The summed E-state index contributed by atoms with van der Waals surface area (Å²) < 4.78 is 27.3. The molecule has 130 valence electrons. The van der Waals surface area contributed by atoms with Gasteiger partial charge in [-0.1, -0.05) is 24.3 Å². The molecule has 3 N–H and O–H groups in total. The summed E-state index contributed by atoms with van der Waals surface area (Å²) in [6.07, 6.45) is 0.543. The van der Waals surface area contributed by atoms with Crippen molar-refractivity contribution in [1.29, 1.82) is 0 Å². The SMILES string of the molecule is O=C(O)[C@](O)(c1ccccc1C1CN=CNC1)[C@@H]1CCC(F)(F)C1. The van der Waals surface area contributed by atoms with Crippen molar-refractivity contribution in [3.05, 3.63) is 35.4 Å². The van der Waals surface area contributed by atoms with E-state index in [2.05, 4.69) is 10.3 Å². The van der Waals surface area contributed by atoms with E-state index in [-0.39, 0.29) is 17.9 Å². The Labute approximate surface area is 138 Å². The molecular weight excluding hydrogens is 318 g/mol. The zero-order chi connectivity index (χ0) is 17.4. The van der Waals surface area contributed by atoms with Gasteiger partial charge in [-0.15, -0.1) is 0 Å². The Bertz CT molecular complexity index is 665. The highest BCUT2D eigenvalue weighted by Gasteiger charge is 2.54. The highest BCUT2D eigenvalue weighted by molar-refractivity contribution is 5.80. The van der Waals surface area contributed by atoms with E-state index in [1.165, 1.54) is 6.07 Å². The monoisotopic (exact) mass is 338 g/mol. The molecule has 0 aromatic heterocycles. The summed E-state index contributed by atoms with van der Waals surface area (Å²) in [6, 6.07) is 6.64. The van der Waals surface area contributed by atoms with Gasteiger partial charge in [-0.05, 0) is 17.5 Å². The molecule has 1 aliphatic carbocycles. The number of hydrogen-bond donors (Lipinski definition) is 3. The molecule has 3 rings (SSSR count). The third-order valence-corrected chi connectivity index (χ3v) is 5.00. The van der Waals surface area contributed by atoms with Gasteiger partial charge in [0.05, 0.1) is 6.34 Å². The lowest BCUT2D eigenvalue weighted by Gasteiger charge is -2.34. The maximum atomic E-state index is 13.6. The Morgan fingerprint density at radius 3 is 2.71 bits per heavy atom. The van der Waals surface area contributed by atoms with E-state index >= 15 is 0 Å². The van der Waals surface area contributed by atoms with Gasteiger partial charge >= 0.3 is 5.97 Å². The molecular formula is C17H20F2N2O3. The molecule has 24 heavy (non-hydrogen) atoms. The van der Waals surface area contributed by atoms with Crippen molar-refractivity contribution in [3.8, 4) is 0 Å². The number of benzene rings is 1. The fourth-order valence-corrected chi connectivity index (χ4v) is 3.73. The summed E-state index contributed by atoms with van der Waals surface area (Å²) in [6.45, 7) is 1.01. The number of carboxylic acid groups (broad SMARTS) is 1. The highest BCUT2D eigenvalue weighted by Crippen LogP contribution is 2.48. The number of hydrogen-bond acceptors (Lipinski definition) is 4. The van der Waals surface area contributed by atoms with Gasteiger partial charge in [-0.2, -0.15) is 0 Å². The van der Waals surface area contributed by atoms with Crippen LogP contribution in [-0.2, 0) is 10.4 Å². The van der Waals surface area contributed by atoms with Crippen molar-refractivity contribution >= 4 is 12.3 Å². The average Bonchev–Trinajstić information content (AvgIpc) is 2.95. The number of halogens is 2. The summed E-state index contributed by atoms with van der Waals surface area (Å²) in [5.41, 5.74) is -1.48. The number of rotatable bonds is 4. The smallest absolute Gasteiger partial charge is 0.340 e. The lowest BCUT2D eigenvalue weighted by Crippen LogP contribution is -2.44. The predicted molar refractivity (Wildman–Crippen MR) is 84.4 cm³/mol. The second-order valence-corrected chi connectivity index (χ2v) is 6.55. The van der Waals surface area contributed by atoms with E-state index in [9.17, 15) is 23.8 Å². The molecule has 2 aliphatic rings. The van der Waals surface area contributed by atoms with Gasteiger partial charge in [0.25, 0.3) is 0 Å². The van der Waals surface area contributed by atoms with Gasteiger partial charge in [-0.25, -0.2) is 13.6 Å². The van der Waals surface area contributed by atoms with Crippen LogP contribution in [0.3, 0.4) is 0 Å². The van der Waals surface area contributed by atoms with Gasteiger partial charge in [0, 0.05) is 37.8 Å². The molecule has 3 atom stereocenters. The van der Waals surface area contributed by atoms with E-state index in [4.69, 9.17) is 0 Å². The number of carboxylic acids is 1. The van der Waals surface area contributed by atoms with Crippen molar-refractivity contribution in [2.75, 3.05) is 13.1 Å². The Balaban J connectivity index is 2.03. The first-order valence-corrected chi connectivity index (χ1v) is 7.99. The molecule has 1 saturated carbocycles. The molecule has 1 heterocycles. The quantitative estimate of drug-likeness (QED) is 0.785. The maximum absolute atomic E-state index is 13.6. The van der Waals surface area contributed by atoms with Crippen LogP contribution in [0.4, 0.5) is 8.78 Å². The van der Waals surface area contributed by atoms with Crippen molar-refractivity contribution < 1.29 is 23.8 Å². The number of aliphatic imine (C=N–C) groups is 1. The molecule has 0 bridgehead atoms. The van der Waals surface area contributed by atoms with Crippen molar-refractivity contribution in [3.63, 3.8) is 0 Å². The number of nitrogens with zero attached hydrogens (tertiary/aromatic N) is 1. The Hall–Kier alpha value is -2.02. The van der Waals surface area contributed by atoms with E-state index in [1.54, 1.807) is 24.5 Å². The molecule has 1 unspecified atom stereocenters. The number of alkyl halides is 2. The third kappa shape index (κ3) is 2.88. The van der Waals surface area contributed by atoms with Crippen LogP contribution in [0.5, 0.6) is 0 Å². The fraction of sp³-hybridized carbons (Fsp3) is 0.529. The lowest BCUT2D eigenvalue weighted by molar-refractivity contribution is -0.167. The van der Waals surface area contributed by atoms with Crippen molar-refractivity contribution in [2.45, 2.75) is 36.7 Å². The van der Waals surface area contributed by atoms with Crippen LogP contribution in [0.15, 0.2) is 29.3 Å². The second-order valence-electron chi connectivity index (χ2n) is 6.55. The van der Waals surface area contributed by atoms with Crippen molar-refractivity contribution in [1.82, 2.24) is 5.32 Å². The summed E-state index contributed by atoms with van der Waals surface area (Å²) in [5.74, 6) is -5.55. The van der Waals surface area contributed by atoms with Crippen LogP contribution >= 0.6 is 0 Å². The molecule has 0 amide bonds. The molecule has 1 aliphatic heterocycles. The number of aliphatic carboxylic acids is 1. The molecule has 1 fully saturated rings. The fourth-order valence-electron chi connectivity index (χ4n) is 3.73. The van der Waals surface area contributed by atoms with Gasteiger partial charge in [-0.3, -0.25) is 4.99 Å². The summed E-state index contributed by atoms with van der Waals surface area (Å²) in [5, 5.41) is 23.7. The van der Waals surface area contributed by atoms with Crippen LogP contribution in [0, 0.1) is 5.92 Å². The summed E-state index contributed by atoms with van der Waals surface area (Å²) in [7, 11) is 0. The maximum Gasteiger partial charge on any atom is 0.340 e. The number of carbonyl (C=O) groups is 1. The van der Waals surface area contributed by atoms with Crippen LogP contribution in [0.2, 0.25) is 0 Å². The first-order valence-electron chi connectivity index (χ1n) is 7.99. The van der Waals surface area contributed by atoms with Gasteiger partial charge in [0.2, 0.25) is 5.92 Å². The summed E-state index contributed by atoms with van der Waals surface area (Å²) in [4.78, 5) is 16.1. The lowest BCUT2D eigenvalue weighted by atomic mass is 9.75. The van der Waals surface area contributed by atoms with E-state index in [0.717, 1.165) is 0 Å². The molecule has 7 heteroatoms. The van der Waals surface area contributed by atoms with Crippen LogP contribution in [-0.4, -0.2) is 41.5 Å². The molecule has 0 saturated heterocycles. The zero-order valence-corrected chi connectivity index (χ0v) is 13.1. The zero-order valence-electron chi connectivity index (χ0n) is 13.1. The van der Waals surface area contributed by atoms with E-state index in [1.807, 2.05) is 0 Å². The Morgan fingerprint density at radius 2 is 2.12 bits per heavy atom. The molecule has 1 aromatic carbocycles. The molecule has 0 spiro atoms. The van der Waals surface area contributed by atoms with Gasteiger partial charge in [0.15, 0.2) is 5.60 Å². The molecule has 5 nitrogen and oxygen atoms in total. The number of aliphatic hydroxyl groups is 1. The normalized spacial score (nSPS) is 28.1. The van der Waals surface area contributed by atoms with Crippen molar-refractivity contribution in [2.24, 2.45) is 10.9 Å². The first-order chi connectivity index (χ1) is 11.3. The average molecular weight is 338 g/mol. The minimum absolute atomic E-state index is 0.0226. The topological polar surface area (TPSA) is 81.9 Å². The predicted octanol–water partition coefficient (Wildman–Crippen LogP) is 2.11. The van der Waals surface area contributed by atoms with Crippen LogP contribution in [0.1, 0.15) is 36.3 Å².